The van der Waals surface area contributed by atoms with Crippen LogP contribution in [0.4, 0.5) is 10.1 Å². The van der Waals surface area contributed by atoms with Crippen LogP contribution in [0.25, 0.3) is 21.5 Å². The number of hydrogen-bond acceptors (Lipinski definition) is 3. The molecular weight excluding hydrogens is 467 g/mol. The van der Waals surface area contributed by atoms with Crippen molar-refractivity contribution in [2.75, 3.05) is 18.0 Å². The predicted molar refractivity (Wildman–Crippen MR) is 141 cm³/mol. The van der Waals surface area contributed by atoms with Crippen LogP contribution >= 0.6 is 0 Å². The first-order valence-corrected chi connectivity index (χ1v) is 12.0. The van der Waals surface area contributed by atoms with E-state index in [1.165, 1.54) is 29.2 Å². The van der Waals surface area contributed by atoms with E-state index in [4.69, 9.17) is 0 Å². The summed E-state index contributed by atoms with van der Waals surface area (Å²) in [4.78, 5) is 43.3. The van der Waals surface area contributed by atoms with Crippen LogP contribution in [0.15, 0.2) is 103 Å². The number of rotatable bonds is 5. The summed E-state index contributed by atoms with van der Waals surface area (Å²) >= 11 is 0. The highest BCUT2D eigenvalue weighted by Crippen LogP contribution is 2.31. The van der Waals surface area contributed by atoms with E-state index in [0.717, 1.165) is 16.2 Å². The Morgan fingerprint density at radius 2 is 1.30 bits per heavy atom. The van der Waals surface area contributed by atoms with Crippen molar-refractivity contribution in [1.29, 1.82) is 0 Å². The number of benzene rings is 5. The number of anilines is 1. The van der Waals surface area contributed by atoms with Gasteiger partial charge in [-0.15, -0.1) is 0 Å². The molecule has 0 bridgehead atoms. The summed E-state index contributed by atoms with van der Waals surface area (Å²) in [7, 11) is 0. The van der Waals surface area contributed by atoms with E-state index in [9.17, 15) is 18.8 Å². The Morgan fingerprint density at radius 1 is 0.703 bits per heavy atom. The molecule has 6 rings (SSSR count). The minimum absolute atomic E-state index is 0.00144. The average molecular weight is 489 g/mol. The number of carbonyl (C=O) groups is 3. The van der Waals surface area contributed by atoms with Crippen LogP contribution in [0.3, 0.4) is 0 Å². The molecule has 1 aliphatic heterocycles. The van der Waals surface area contributed by atoms with Gasteiger partial charge in [0.05, 0.1) is 5.69 Å². The largest absolute Gasteiger partial charge is 0.306 e. The molecule has 1 heterocycles. The molecule has 5 nitrogen and oxygen atoms in total. The minimum Gasteiger partial charge on any atom is -0.306 e. The first-order chi connectivity index (χ1) is 18.0. The predicted octanol–water partition coefficient (Wildman–Crippen LogP) is 6.08. The normalized spacial score (nSPS) is 12.8. The monoisotopic (exact) mass is 488 g/mol. The highest BCUT2D eigenvalue weighted by Gasteiger charge is 2.33. The van der Waals surface area contributed by atoms with Crippen molar-refractivity contribution in [3.63, 3.8) is 0 Å². The second-order valence-electron chi connectivity index (χ2n) is 8.93. The lowest BCUT2D eigenvalue weighted by Gasteiger charge is -2.30. The summed E-state index contributed by atoms with van der Waals surface area (Å²) in [5, 5.41) is 3.29. The van der Waals surface area contributed by atoms with Crippen molar-refractivity contribution in [3.8, 4) is 0 Å². The van der Waals surface area contributed by atoms with Crippen molar-refractivity contribution >= 4 is 45.0 Å². The Kier molecular flexibility index (Phi) is 5.49. The SMILES string of the molecule is O=C1c2cccc3cccc(c23)C(=O)N1CCN(C(=O)c1ccc(F)cc1)c1cccc2ccccc12. The molecule has 180 valence electrons. The first kappa shape index (κ1) is 22.6. The number of carbonyl (C=O) groups excluding carboxylic acids is 3. The van der Waals surface area contributed by atoms with Crippen LogP contribution in [0.2, 0.25) is 0 Å². The smallest absolute Gasteiger partial charge is 0.261 e. The maximum Gasteiger partial charge on any atom is 0.261 e. The lowest BCUT2D eigenvalue weighted by atomic mass is 9.94. The molecule has 3 amide bonds. The molecular formula is C31H21FN2O3. The van der Waals surface area contributed by atoms with Gasteiger partial charge in [-0.25, -0.2) is 4.39 Å². The van der Waals surface area contributed by atoms with Gasteiger partial charge in [-0.2, -0.15) is 0 Å². The Hall–Kier alpha value is -4.84. The van der Waals surface area contributed by atoms with Gasteiger partial charge < -0.3 is 4.90 Å². The van der Waals surface area contributed by atoms with Gasteiger partial charge in [0.25, 0.3) is 17.7 Å². The van der Waals surface area contributed by atoms with Crippen LogP contribution in [0.5, 0.6) is 0 Å². The van der Waals surface area contributed by atoms with E-state index >= 15 is 0 Å². The third kappa shape index (κ3) is 3.83. The highest BCUT2D eigenvalue weighted by molar-refractivity contribution is 6.25. The number of imide groups is 1. The van der Waals surface area contributed by atoms with Crippen LogP contribution < -0.4 is 4.90 Å². The molecule has 0 aromatic heterocycles. The molecule has 0 aliphatic carbocycles. The Morgan fingerprint density at radius 3 is 2.00 bits per heavy atom. The van der Waals surface area contributed by atoms with Crippen LogP contribution in [-0.4, -0.2) is 35.7 Å². The Bertz CT molecular complexity index is 1660. The Balaban J connectivity index is 1.39. The topological polar surface area (TPSA) is 57.7 Å². The lowest BCUT2D eigenvalue weighted by molar-refractivity contribution is 0.0611. The van der Waals surface area contributed by atoms with Crippen LogP contribution in [0, 0.1) is 5.82 Å². The number of hydrogen-bond donors (Lipinski definition) is 0. The summed E-state index contributed by atoms with van der Waals surface area (Å²) < 4.78 is 13.6. The third-order valence-corrected chi connectivity index (χ3v) is 6.80. The fourth-order valence-corrected chi connectivity index (χ4v) is 5.01. The van der Waals surface area contributed by atoms with E-state index in [1.54, 1.807) is 29.2 Å². The summed E-state index contributed by atoms with van der Waals surface area (Å²) in [6.07, 6.45) is 0. The van der Waals surface area contributed by atoms with Gasteiger partial charge in [0.1, 0.15) is 5.82 Å². The summed E-state index contributed by atoms with van der Waals surface area (Å²) in [6.45, 7) is 0.0678. The lowest BCUT2D eigenvalue weighted by Crippen LogP contribution is -2.46. The summed E-state index contributed by atoms with van der Waals surface area (Å²) in [5.74, 6) is -1.57. The molecule has 0 atom stereocenters. The quantitative estimate of drug-likeness (QED) is 0.282. The molecule has 0 N–H and O–H groups in total. The van der Waals surface area contributed by atoms with Crippen molar-refractivity contribution in [2.45, 2.75) is 0 Å². The van der Waals surface area contributed by atoms with Crippen LogP contribution in [0.1, 0.15) is 31.1 Å². The molecule has 0 radical (unpaired) electrons. The first-order valence-electron chi connectivity index (χ1n) is 12.0. The average Bonchev–Trinajstić information content (AvgIpc) is 2.93. The van der Waals surface area contributed by atoms with E-state index in [-0.39, 0.29) is 30.8 Å². The van der Waals surface area contributed by atoms with Gasteiger partial charge >= 0.3 is 0 Å². The maximum absolute atomic E-state index is 13.7. The molecule has 6 heteroatoms. The van der Waals surface area contributed by atoms with Crippen molar-refractivity contribution in [1.82, 2.24) is 4.90 Å². The fraction of sp³-hybridized carbons (Fsp3) is 0.0645. The summed E-state index contributed by atoms with van der Waals surface area (Å²) in [6, 6.07) is 29.5. The Labute approximate surface area is 212 Å². The molecule has 0 saturated heterocycles. The third-order valence-electron chi connectivity index (χ3n) is 6.80. The number of amides is 3. The fourth-order valence-electron chi connectivity index (χ4n) is 5.01. The number of fused-ring (bicyclic) bond motifs is 1. The molecule has 0 spiro atoms. The molecule has 5 aromatic carbocycles. The zero-order valence-corrected chi connectivity index (χ0v) is 19.7. The van der Waals surface area contributed by atoms with Crippen molar-refractivity contribution in [2.24, 2.45) is 0 Å². The van der Waals surface area contributed by atoms with E-state index < -0.39 is 5.82 Å². The van der Waals surface area contributed by atoms with Gasteiger partial charge in [-0.1, -0.05) is 60.7 Å². The second kappa shape index (κ2) is 8.99. The zero-order chi connectivity index (χ0) is 25.5. The second-order valence-corrected chi connectivity index (χ2v) is 8.93. The molecule has 0 fully saturated rings. The molecule has 0 saturated carbocycles. The van der Waals surface area contributed by atoms with E-state index in [1.807, 2.05) is 54.6 Å². The van der Waals surface area contributed by atoms with Gasteiger partial charge in [0, 0.05) is 40.6 Å². The zero-order valence-electron chi connectivity index (χ0n) is 19.7. The maximum atomic E-state index is 13.7. The van der Waals surface area contributed by atoms with Crippen molar-refractivity contribution < 1.29 is 18.8 Å². The highest BCUT2D eigenvalue weighted by atomic mass is 19.1. The van der Waals surface area contributed by atoms with Crippen molar-refractivity contribution in [3.05, 3.63) is 126 Å². The minimum atomic E-state index is -0.439. The molecule has 1 aliphatic rings. The molecule has 0 unspecified atom stereocenters. The van der Waals surface area contributed by atoms with Gasteiger partial charge in [-0.05, 0) is 53.2 Å². The summed E-state index contributed by atoms with van der Waals surface area (Å²) in [5.41, 5.74) is 1.89. The molecule has 5 aromatic rings. The number of halogens is 1. The molecule has 37 heavy (non-hydrogen) atoms. The standard InChI is InChI=1S/C31H21FN2O3/c32-23-16-14-22(15-17-23)29(35)33(27-13-5-7-20-6-1-2-10-24(20)27)18-19-34-30(36)25-11-3-8-21-9-4-12-26(28(21)25)31(34)37/h1-17H,18-19H2. The number of nitrogens with zero attached hydrogens (tertiary/aromatic N) is 2. The van der Waals surface area contributed by atoms with Gasteiger partial charge in [0.2, 0.25) is 0 Å². The van der Waals surface area contributed by atoms with E-state index in [2.05, 4.69) is 0 Å². The van der Waals surface area contributed by atoms with Crippen LogP contribution in [-0.2, 0) is 0 Å². The van der Waals surface area contributed by atoms with Gasteiger partial charge in [-0.3, -0.25) is 19.3 Å². The van der Waals surface area contributed by atoms with Gasteiger partial charge in [0.15, 0.2) is 0 Å². The van der Waals surface area contributed by atoms with E-state index in [0.29, 0.717) is 27.8 Å².